The van der Waals surface area contributed by atoms with Crippen molar-refractivity contribution in [2.75, 3.05) is 0 Å². The van der Waals surface area contributed by atoms with Crippen molar-refractivity contribution in [1.29, 1.82) is 0 Å². The van der Waals surface area contributed by atoms with Crippen LogP contribution >= 0.6 is 0 Å². The molecule has 4 heteroatoms. The van der Waals surface area contributed by atoms with E-state index in [1.807, 2.05) is 30.5 Å². The number of rotatable bonds is 5. The van der Waals surface area contributed by atoms with Crippen molar-refractivity contribution < 1.29 is 8.83 Å². The van der Waals surface area contributed by atoms with Crippen LogP contribution in [-0.4, -0.2) is 9.97 Å². The molecule has 4 nitrogen and oxygen atoms in total. The third kappa shape index (κ3) is 5.40. The van der Waals surface area contributed by atoms with Gasteiger partial charge >= 0.3 is 0 Å². The first-order valence-corrected chi connectivity index (χ1v) is 21.0. The van der Waals surface area contributed by atoms with Crippen molar-refractivity contribution in [1.82, 2.24) is 9.97 Å². The molecule has 0 fully saturated rings. The number of hydrogen-bond acceptors (Lipinski definition) is 4. The van der Waals surface area contributed by atoms with Crippen LogP contribution in [0.3, 0.4) is 0 Å². The number of aromatic nitrogens is 2. The lowest BCUT2D eigenvalue weighted by atomic mass is 9.92. The van der Waals surface area contributed by atoms with Gasteiger partial charge in [0, 0.05) is 49.0 Å². The van der Waals surface area contributed by atoms with Gasteiger partial charge in [-0.25, -0.2) is 4.98 Å². The van der Waals surface area contributed by atoms with Crippen molar-refractivity contribution in [3.63, 3.8) is 0 Å². The predicted octanol–water partition coefficient (Wildman–Crippen LogP) is 16.1. The molecule has 0 spiro atoms. The van der Waals surface area contributed by atoms with Crippen molar-refractivity contribution in [3.05, 3.63) is 206 Å². The first kappa shape index (κ1) is 34.5. The number of furan rings is 2. The van der Waals surface area contributed by atoms with Gasteiger partial charge in [-0.15, -0.1) is 0 Å². The molecule has 0 bridgehead atoms. The molecule has 0 N–H and O–H groups in total. The zero-order chi connectivity index (χ0) is 40.7. The monoisotopic (exact) mass is 790 g/mol. The Morgan fingerprint density at radius 3 is 1.31 bits per heavy atom. The molecule has 0 aliphatic carbocycles. The van der Waals surface area contributed by atoms with Crippen LogP contribution in [-0.2, 0) is 0 Å². The first-order valence-electron chi connectivity index (χ1n) is 21.0. The van der Waals surface area contributed by atoms with E-state index in [4.69, 9.17) is 18.8 Å². The fraction of sp³-hybridized carbons (Fsp3) is 0. The number of fused-ring (bicyclic) bond motifs is 12. The summed E-state index contributed by atoms with van der Waals surface area (Å²) in [7, 11) is 0. The fourth-order valence-electron chi connectivity index (χ4n) is 9.52. The maximum atomic E-state index is 6.63. The molecule has 288 valence electrons. The van der Waals surface area contributed by atoms with E-state index in [0.717, 1.165) is 132 Å². The van der Waals surface area contributed by atoms with E-state index in [2.05, 4.69) is 176 Å². The van der Waals surface area contributed by atoms with Gasteiger partial charge in [0.25, 0.3) is 0 Å². The molecule has 10 aromatic carbocycles. The molecule has 0 radical (unpaired) electrons. The Morgan fingerprint density at radius 2 is 0.758 bits per heavy atom. The minimum Gasteiger partial charge on any atom is -0.455 e. The molecule has 3 heterocycles. The number of nitrogens with zero attached hydrogens (tertiary/aromatic N) is 2. The molecule has 3 aromatic heterocycles. The van der Waals surface area contributed by atoms with Crippen LogP contribution in [0.4, 0.5) is 0 Å². The summed E-state index contributed by atoms with van der Waals surface area (Å²) in [6.45, 7) is 0. The lowest BCUT2D eigenvalue weighted by molar-refractivity contribution is 0.670. The number of benzene rings is 10. The van der Waals surface area contributed by atoms with E-state index in [9.17, 15) is 0 Å². The largest absolute Gasteiger partial charge is 0.455 e. The molecule has 0 aliphatic heterocycles. The zero-order valence-corrected chi connectivity index (χ0v) is 33.3. The van der Waals surface area contributed by atoms with Crippen molar-refractivity contribution in [2.45, 2.75) is 0 Å². The standard InChI is InChI=1S/C58H34N2O2/c1-3-13-35(14-4-1)37-25-27-44-45-28-26-38(36-15-5-2-6-16-36)33-51(45)56-55(50(44)32-37)59-34-52(60-56)41-30-39(42-19-11-21-48-46-17-7-9-23-53(46)61-57(42)48)29-40(31-41)43-20-12-22-49-47-18-8-10-24-54(47)62-58(43)49/h1-34H. The first-order chi connectivity index (χ1) is 30.7. The van der Waals surface area contributed by atoms with Gasteiger partial charge in [0.05, 0.1) is 22.9 Å². The maximum Gasteiger partial charge on any atom is 0.143 e. The second-order valence-corrected chi connectivity index (χ2v) is 16.1. The van der Waals surface area contributed by atoms with Gasteiger partial charge in [-0.1, -0.05) is 158 Å². The molecule has 13 aromatic rings. The molecule has 0 amide bonds. The Kier molecular flexibility index (Phi) is 7.57. The maximum absolute atomic E-state index is 6.63. The SMILES string of the molecule is c1ccc(-c2ccc3c4ccc(-c5ccccc5)cc4c4nc(-c5cc(-c6cccc7c6oc6ccccc67)cc(-c6cccc7c6oc6ccccc67)c5)cnc4c3c2)cc1. The highest BCUT2D eigenvalue weighted by molar-refractivity contribution is 6.24. The van der Waals surface area contributed by atoms with E-state index in [1.54, 1.807) is 0 Å². The molecule has 0 aliphatic rings. The molecule has 0 saturated heterocycles. The number of para-hydroxylation sites is 4. The van der Waals surface area contributed by atoms with Gasteiger partial charge in [-0.3, -0.25) is 4.98 Å². The molecule has 0 saturated carbocycles. The lowest BCUT2D eigenvalue weighted by Crippen LogP contribution is -1.94. The van der Waals surface area contributed by atoms with Gasteiger partial charge in [-0.05, 0) is 86.6 Å². The average Bonchev–Trinajstić information content (AvgIpc) is 3.93. The Bertz CT molecular complexity index is 3790. The van der Waals surface area contributed by atoms with E-state index in [1.165, 1.54) is 0 Å². The Morgan fingerprint density at radius 1 is 0.290 bits per heavy atom. The van der Waals surface area contributed by atoms with Crippen molar-refractivity contribution in [2.24, 2.45) is 0 Å². The van der Waals surface area contributed by atoms with Gasteiger partial charge in [0.15, 0.2) is 0 Å². The van der Waals surface area contributed by atoms with Crippen LogP contribution in [0.15, 0.2) is 215 Å². The Balaban J connectivity index is 1.09. The summed E-state index contributed by atoms with van der Waals surface area (Å²) in [6, 6.07) is 70.6. The van der Waals surface area contributed by atoms with Gasteiger partial charge < -0.3 is 8.83 Å². The second kappa shape index (κ2) is 13.6. The Labute approximate surface area is 356 Å². The third-order valence-corrected chi connectivity index (χ3v) is 12.5. The van der Waals surface area contributed by atoms with E-state index < -0.39 is 0 Å². The van der Waals surface area contributed by atoms with Gasteiger partial charge in [0.1, 0.15) is 22.3 Å². The summed E-state index contributed by atoms with van der Waals surface area (Å²) >= 11 is 0. The van der Waals surface area contributed by atoms with Crippen LogP contribution < -0.4 is 0 Å². The van der Waals surface area contributed by atoms with E-state index in [0.29, 0.717) is 0 Å². The van der Waals surface area contributed by atoms with Crippen LogP contribution in [0.5, 0.6) is 0 Å². The predicted molar refractivity (Wildman–Crippen MR) is 256 cm³/mol. The quantitative estimate of drug-likeness (QED) is 0.163. The fourth-order valence-corrected chi connectivity index (χ4v) is 9.52. The lowest BCUT2D eigenvalue weighted by Gasteiger charge is -2.15. The van der Waals surface area contributed by atoms with Crippen LogP contribution in [0.2, 0.25) is 0 Å². The second-order valence-electron chi connectivity index (χ2n) is 16.1. The summed E-state index contributed by atoms with van der Waals surface area (Å²) in [5.74, 6) is 0. The van der Waals surface area contributed by atoms with Crippen LogP contribution in [0.25, 0.3) is 132 Å². The third-order valence-electron chi connectivity index (χ3n) is 12.5. The normalized spacial score (nSPS) is 11.9. The summed E-state index contributed by atoms with van der Waals surface area (Å²) in [5, 5.41) is 8.77. The van der Waals surface area contributed by atoms with Crippen LogP contribution in [0, 0.1) is 0 Å². The summed E-state index contributed by atoms with van der Waals surface area (Å²) < 4.78 is 13.3. The summed E-state index contributed by atoms with van der Waals surface area (Å²) in [6.07, 6.45) is 1.94. The highest BCUT2D eigenvalue weighted by atomic mass is 16.3. The highest BCUT2D eigenvalue weighted by Crippen LogP contribution is 2.43. The zero-order valence-electron chi connectivity index (χ0n) is 33.3. The van der Waals surface area contributed by atoms with Gasteiger partial charge in [-0.2, -0.15) is 0 Å². The topological polar surface area (TPSA) is 52.1 Å². The molecular formula is C58H34N2O2. The molecule has 0 atom stereocenters. The minimum absolute atomic E-state index is 0.777. The minimum atomic E-state index is 0.777. The average molecular weight is 791 g/mol. The summed E-state index contributed by atoms with van der Waals surface area (Å²) in [4.78, 5) is 11.0. The number of hydrogen-bond donors (Lipinski definition) is 0. The molecule has 13 rings (SSSR count). The molecular weight excluding hydrogens is 757 g/mol. The van der Waals surface area contributed by atoms with Crippen molar-refractivity contribution in [3.8, 4) is 55.8 Å². The molecule has 0 unspecified atom stereocenters. The summed E-state index contributed by atoms with van der Waals surface area (Å²) in [5.41, 5.74) is 15.5. The van der Waals surface area contributed by atoms with E-state index in [-0.39, 0.29) is 0 Å². The van der Waals surface area contributed by atoms with Gasteiger partial charge in [0.2, 0.25) is 0 Å². The highest BCUT2D eigenvalue weighted by Gasteiger charge is 2.20. The van der Waals surface area contributed by atoms with E-state index >= 15 is 0 Å². The van der Waals surface area contributed by atoms with Crippen molar-refractivity contribution >= 4 is 76.5 Å². The Hall–Kier alpha value is -8.34. The molecule has 62 heavy (non-hydrogen) atoms. The smallest absolute Gasteiger partial charge is 0.143 e. The van der Waals surface area contributed by atoms with Crippen LogP contribution in [0.1, 0.15) is 0 Å².